The Bertz CT molecular complexity index is 350. The molecule has 3 amide bonds. The molecule has 1 aliphatic rings. The maximum absolute atomic E-state index is 12.0. The number of carbonyl (C=O) groups excluding carboxylic acids is 2. The van der Waals surface area contributed by atoms with Crippen LogP contribution in [0.5, 0.6) is 0 Å². The van der Waals surface area contributed by atoms with Gasteiger partial charge in [0.15, 0.2) is 0 Å². The van der Waals surface area contributed by atoms with Crippen molar-refractivity contribution in [3.05, 3.63) is 0 Å². The minimum Gasteiger partial charge on any atom is -0.354 e. The monoisotopic (exact) mass is 283 g/mol. The molecule has 0 aromatic rings. The molecule has 1 saturated heterocycles. The van der Waals surface area contributed by atoms with Crippen molar-refractivity contribution >= 4 is 11.9 Å². The highest BCUT2D eigenvalue weighted by Gasteiger charge is 2.25. The molecule has 1 fully saturated rings. The fourth-order valence-electron chi connectivity index (χ4n) is 2.17. The lowest BCUT2D eigenvalue weighted by atomic mass is 9.89. The largest absolute Gasteiger partial charge is 0.354 e. The van der Waals surface area contributed by atoms with Crippen LogP contribution in [0.2, 0.25) is 0 Å². The van der Waals surface area contributed by atoms with Crippen molar-refractivity contribution in [2.24, 2.45) is 17.3 Å². The molecular weight excluding hydrogens is 254 g/mol. The molecule has 116 valence electrons. The van der Waals surface area contributed by atoms with E-state index >= 15 is 0 Å². The zero-order chi connectivity index (χ0) is 15.3. The molecule has 2 atom stereocenters. The Hall–Kier alpha value is -1.26. The molecule has 0 saturated carbocycles. The molecule has 5 heteroatoms. The van der Waals surface area contributed by atoms with Crippen molar-refractivity contribution in [1.82, 2.24) is 15.5 Å². The molecule has 0 unspecified atom stereocenters. The van der Waals surface area contributed by atoms with Crippen molar-refractivity contribution in [3.63, 3.8) is 0 Å². The van der Waals surface area contributed by atoms with Gasteiger partial charge in [-0.1, -0.05) is 34.6 Å². The van der Waals surface area contributed by atoms with Crippen LogP contribution < -0.4 is 10.6 Å². The van der Waals surface area contributed by atoms with Gasteiger partial charge >= 0.3 is 6.03 Å². The first-order chi connectivity index (χ1) is 9.21. The molecule has 1 rings (SSSR count). The van der Waals surface area contributed by atoms with E-state index in [2.05, 4.69) is 24.5 Å². The second-order valence-electron chi connectivity index (χ2n) is 6.93. The summed E-state index contributed by atoms with van der Waals surface area (Å²) in [5.74, 6) is 1.24. The Labute approximate surface area is 122 Å². The lowest BCUT2D eigenvalue weighted by Gasteiger charge is -2.35. The summed E-state index contributed by atoms with van der Waals surface area (Å²) < 4.78 is 0. The molecule has 0 aromatic heterocycles. The number of amides is 3. The summed E-state index contributed by atoms with van der Waals surface area (Å²) in [5.41, 5.74) is -0.386. The van der Waals surface area contributed by atoms with Gasteiger partial charge in [0.25, 0.3) is 0 Å². The predicted molar refractivity (Wildman–Crippen MR) is 80.4 cm³/mol. The summed E-state index contributed by atoms with van der Waals surface area (Å²) in [5, 5.41) is 5.69. The van der Waals surface area contributed by atoms with Crippen LogP contribution in [-0.4, -0.2) is 43.0 Å². The number of carbonyl (C=O) groups is 2. The minimum absolute atomic E-state index is 0.00664. The Morgan fingerprint density at radius 3 is 2.25 bits per heavy atom. The predicted octanol–water partition coefficient (Wildman–Crippen LogP) is 1.84. The normalized spacial score (nSPS) is 23.4. The van der Waals surface area contributed by atoms with E-state index < -0.39 is 0 Å². The van der Waals surface area contributed by atoms with E-state index in [0.29, 0.717) is 24.9 Å². The molecule has 20 heavy (non-hydrogen) atoms. The maximum Gasteiger partial charge on any atom is 0.317 e. The van der Waals surface area contributed by atoms with E-state index in [9.17, 15) is 9.59 Å². The number of hydrogen-bond donors (Lipinski definition) is 2. The summed E-state index contributed by atoms with van der Waals surface area (Å²) in [7, 11) is 0. The molecule has 2 N–H and O–H groups in total. The quantitative estimate of drug-likeness (QED) is 0.776. The SMILES string of the molecule is C[C@@H]1CCN(C(=O)NCCNC(=O)C(C)(C)C)C[C@@H]1C. The molecule has 0 bridgehead atoms. The van der Waals surface area contributed by atoms with Gasteiger partial charge in [-0.05, 0) is 18.3 Å². The van der Waals surface area contributed by atoms with Gasteiger partial charge in [0.1, 0.15) is 0 Å². The number of nitrogens with zero attached hydrogens (tertiary/aromatic N) is 1. The number of urea groups is 1. The molecule has 1 aliphatic heterocycles. The summed E-state index contributed by atoms with van der Waals surface area (Å²) in [6, 6.07) is -0.0197. The first kappa shape index (κ1) is 16.8. The highest BCUT2D eigenvalue weighted by molar-refractivity contribution is 5.81. The smallest absolute Gasteiger partial charge is 0.317 e. The van der Waals surface area contributed by atoms with Crippen molar-refractivity contribution < 1.29 is 9.59 Å². The van der Waals surface area contributed by atoms with Crippen LogP contribution >= 0.6 is 0 Å². The Morgan fingerprint density at radius 1 is 1.10 bits per heavy atom. The van der Waals surface area contributed by atoms with Gasteiger partial charge in [0.2, 0.25) is 5.91 Å². The zero-order valence-electron chi connectivity index (χ0n) is 13.5. The van der Waals surface area contributed by atoms with E-state index in [0.717, 1.165) is 19.5 Å². The highest BCUT2D eigenvalue weighted by Crippen LogP contribution is 2.22. The van der Waals surface area contributed by atoms with Crippen LogP contribution in [-0.2, 0) is 4.79 Å². The van der Waals surface area contributed by atoms with Crippen molar-refractivity contribution in [1.29, 1.82) is 0 Å². The number of likely N-dealkylation sites (tertiary alicyclic amines) is 1. The number of piperidine rings is 1. The second-order valence-corrected chi connectivity index (χ2v) is 6.93. The molecule has 0 radical (unpaired) electrons. The van der Waals surface area contributed by atoms with Crippen LogP contribution in [0.3, 0.4) is 0 Å². The van der Waals surface area contributed by atoms with Gasteiger partial charge in [-0.25, -0.2) is 4.79 Å². The molecule has 0 aromatic carbocycles. The van der Waals surface area contributed by atoms with Gasteiger partial charge in [0.05, 0.1) is 0 Å². The molecule has 0 aliphatic carbocycles. The van der Waals surface area contributed by atoms with Gasteiger partial charge < -0.3 is 15.5 Å². The fourth-order valence-corrected chi connectivity index (χ4v) is 2.17. The van der Waals surface area contributed by atoms with Crippen LogP contribution in [0.25, 0.3) is 0 Å². The van der Waals surface area contributed by atoms with Gasteiger partial charge in [-0.2, -0.15) is 0 Å². The molecule has 1 heterocycles. The standard InChI is InChI=1S/C15H29N3O2/c1-11-6-9-18(10-12(11)2)14(20)17-8-7-16-13(19)15(3,4)5/h11-12H,6-10H2,1-5H3,(H,16,19)(H,17,20)/t11-,12+/m1/s1. The topological polar surface area (TPSA) is 61.4 Å². The summed E-state index contributed by atoms with van der Waals surface area (Å²) in [6.45, 7) is 12.6. The van der Waals surface area contributed by atoms with E-state index in [-0.39, 0.29) is 17.4 Å². The first-order valence-corrected chi connectivity index (χ1v) is 7.53. The van der Waals surface area contributed by atoms with Gasteiger partial charge in [-0.3, -0.25) is 4.79 Å². The molecule has 5 nitrogen and oxygen atoms in total. The van der Waals surface area contributed by atoms with E-state index in [1.807, 2.05) is 25.7 Å². The van der Waals surface area contributed by atoms with Gasteiger partial charge in [-0.15, -0.1) is 0 Å². The fraction of sp³-hybridized carbons (Fsp3) is 0.867. The third-order valence-corrected chi connectivity index (χ3v) is 3.99. The van der Waals surface area contributed by atoms with Crippen molar-refractivity contribution in [3.8, 4) is 0 Å². The van der Waals surface area contributed by atoms with Crippen LogP contribution in [0, 0.1) is 17.3 Å². The van der Waals surface area contributed by atoms with E-state index in [1.165, 1.54) is 0 Å². The first-order valence-electron chi connectivity index (χ1n) is 7.53. The molecular formula is C15H29N3O2. The Morgan fingerprint density at radius 2 is 1.70 bits per heavy atom. The lowest BCUT2D eigenvalue weighted by Crippen LogP contribution is -2.48. The summed E-state index contributed by atoms with van der Waals surface area (Å²) in [4.78, 5) is 25.5. The Kier molecular flexibility index (Phi) is 5.84. The van der Waals surface area contributed by atoms with Crippen molar-refractivity contribution in [2.75, 3.05) is 26.2 Å². The second kappa shape index (κ2) is 6.95. The number of hydrogen-bond acceptors (Lipinski definition) is 2. The molecule has 0 spiro atoms. The van der Waals surface area contributed by atoms with Crippen LogP contribution in [0.15, 0.2) is 0 Å². The van der Waals surface area contributed by atoms with E-state index in [4.69, 9.17) is 0 Å². The third kappa shape index (κ3) is 5.02. The maximum atomic E-state index is 12.0. The Balaban J connectivity index is 2.22. The zero-order valence-corrected chi connectivity index (χ0v) is 13.5. The summed E-state index contributed by atoms with van der Waals surface area (Å²) >= 11 is 0. The average molecular weight is 283 g/mol. The van der Waals surface area contributed by atoms with Crippen LogP contribution in [0.4, 0.5) is 4.79 Å². The minimum atomic E-state index is -0.386. The van der Waals surface area contributed by atoms with Gasteiger partial charge in [0, 0.05) is 31.6 Å². The average Bonchev–Trinajstić information content (AvgIpc) is 2.36. The lowest BCUT2D eigenvalue weighted by molar-refractivity contribution is -0.128. The number of nitrogens with one attached hydrogen (secondary N) is 2. The summed E-state index contributed by atoms with van der Waals surface area (Å²) in [6.07, 6.45) is 1.06. The number of rotatable bonds is 3. The van der Waals surface area contributed by atoms with E-state index in [1.54, 1.807) is 0 Å². The highest BCUT2D eigenvalue weighted by atomic mass is 16.2. The third-order valence-electron chi connectivity index (χ3n) is 3.99. The van der Waals surface area contributed by atoms with Crippen LogP contribution in [0.1, 0.15) is 41.0 Å². The van der Waals surface area contributed by atoms with Crippen molar-refractivity contribution in [2.45, 2.75) is 41.0 Å².